The van der Waals surface area contributed by atoms with Crippen molar-refractivity contribution < 1.29 is 5.11 Å². The molecule has 1 aliphatic carbocycles. The third kappa shape index (κ3) is 1.55. The molecule has 0 fully saturated rings. The van der Waals surface area contributed by atoms with Gasteiger partial charge in [0, 0.05) is 18.2 Å². The molecule has 0 amide bonds. The second kappa shape index (κ2) is 4.11. The second-order valence-corrected chi connectivity index (χ2v) is 3.89. The van der Waals surface area contributed by atoms with Crippen molar-refractivity contribution in [3.05, 3.63) is 17.0 Å². The topological polar surface area (TPSA) is 74.9 Å². The summed E-state index contributed by atoms with van der Waals surface area (Å²) in [6, 6.07) is 0. The number of fused-ring (bicyclic) bond motifs is 1. The number of aromatic amines is 1. The van der Waals surface area contributed by atoms with E-state index < -0.39 is 0 Å². The van der Waals surface area contributed by atoms with E-state index in [-0.39, 0.29) is 12.5 Å². The van der Waals surface area contributed by atoms with E-state index in [4.69, 9.17) is 10.8 Å². The maximum absolute atomic E-state index is 9.17. The highest BCUT2D eigenvalue weighted by atomic mass is 16.3. The van der Waals surface area contributed by atoms with Gasteiger partial charge in [-0.1, -0.05) is 0 Å². The molecule has 0 saturated heterocycles. The van der Waals surface area contributed by atoms with Crippen molar-refractivity contribution in [3.63, 3.8) is 0 Å². The van der Waals surface area contributed by atoms with E-state index in [1.165, 1.54) is 24.1 Å². The van der Waals surface area contributed by atoms with Gasteiger partial charge >= 0.3 is 0 Å². The second-order valence-electron chi connectivity index (χ2n) is 3.89. The Morgan fingerprint density at radius 3 is 2.93 bits per heavy atom. The third-order valence-corrected chi connectivity index (χ3v) is 2.98. The van der Waals surface area contributed by atoms with Crippen LogP contribution in [0.25, 0.3) is 0 Å². The van der Waals surface area contributed by atoms with Crippen LogP contribution in [0.5, 0.6) is 0 Å². The summed E-state index contributed by atoms with van der Waals surface area (Å²) in [5, 5.41) is 16.5. The maximum Gasteiger partial charge on any atom is 0.0723 e. The molecule has 1 aromatic heterocycles. The molecule has 1 heterocycles. The average molecular weight is 195 g/mol. The minimum Gasteiger partial charge on any atom is -0.396 e. The van der Waals surface area contributed by atoms with Crippen molar-refractivity contribution in [2.75, 3.05) is 13.2 Å². The van der Waals surface area contributed by atoms with Crippen LogP contribution in [0.15, 0.2) is 0 Å². The lowest BCUT2D eigenvalue weighted by Gasteiger charge is -2.14. The van der Waals surface area contributed by atoms with E-state index in [0.717, 1.165) is 18.5 Å². The van der Waals surface area contributed by atoms with Crippen molar-refractivity contribution >= 4 is 0 Å². The molecule has 1 atom stereocenters. The molecular weight excluding hydrogens is 178 g/mol. The van der Waals surface area contributed by atoms with E-state index in [1.807, 2.05) is 0 Å². The van der Waals surface area contributed by atoms with E-state index >= 15 is 0 Å². The zero-order chi connectivity index (χ0) is 9.97. The number of hydrogen-bond acceptors (Lipinski definition) is 3. The lowest BCUT2D eigenvalue weighted by Crippen LogP contribution is -2.18. The Hall–Kier alpha value is -0.870. The molecule has 1 aromatic rings. The Morgan fingerprint density at radius 1 is 1.43 bits per heavy atom. The van der Waals surface area contributed by atoms with Gasteiger partial charge in [0.15, 0.2) is 0 Å². The van der Waals surface area contributed by atoms with E-state index in [0.29, 0.717) is 6.54 Å². The summed E-state index contributed by atoms with van der Waals surface area (Å²) >= 11 is 0. The SMILES string of the molecule is NCC(CO)c1n[nH]c2c1CCCC2. The van der Waals surface area contributed by atoms with Crippen LogP contribution < -0.4 is 5.73 Å². The van der Waals surface area contributed by atoms with Crippen LogP contribution in [0.4, 0.5) is 0 Å². The fourth-order valence-corrected chi connectivity index (χ4v) is 2.12. The van der Waals surface area contributed by atoms with Gasteiger partial charge in [-0.3, -0.25) is 5.10 Å². The average Bonchev–Trinajstić information content (AvgIpc) is 2.65. The van der Waals surface area contributed by atoms with Crippen molar-refractivity contribution in [2.24, 2.45) is 5.73 Å². The van der Waals surface area contributed by atoms with Crippen molar-refractivity contribution in [3.8, 4) is 0 Å². The van der Waals surface area contributed by atoms with Crippen LogP contribution in [0.1, 0.15) is 35.7 Å². The molecule has 0 saturated carbocycles. The number of nitrogens with two attached hydrogens (primary N) is 1. The van der Waals surface area contributed by atoms with E-state index in [1.54, 1.807) is 0 Å². The first-order chi connectivity index (χ1) is 6.86. The fraction of sp³-hybridized carbons (Fsp3) is 0.700. The van der Waals surface area contributed by atoms with Crippen LogP contribution in [-0.4, -0.2) is 28.5 Å². The number of nitrogens with zero attached hydrogens (tertiary/aromatic N) is 1. The van der Waals surface area contributed by atoms with Crippen LogP contribution >= 0.6 is 0 Å². The molecular formula is C10H17N3O. The highest BCUT2D eigenvalue weighted by molar-refractivity contribution is 5.30. The lowest BCUT2D eigenvalue weighted by molar-refractivity contribution is 0.265. The smallest absolute Gasteiger partial charge is 0.0723 e. The van der Waals surface area contributed by atoms with E-state index in [9.17, 15) is 0 Å². The van der Waals surface area contributed by atoms with Gasteiger partial charge < -0.3 is 10.8 Å². The highest BCUT2D eigenvalue weighted by Gasteiger charge is 2.21. The third-order valence-electron chi connectivity index (χ3n) is 2.98. The number of nitrogens with one attached hydrogen (secondary N) is 1. The summed E-state index contributed by atoms with van der Waals surface area (Å²) in [7, 11) is 0. The fourth-order valence-electron chi connectivity index (χ4n) is 2.12. The van der Waals surface area contributed by atoms with Crippen LogP contribution in [0.2, 0.25) is 0 Å². The molecule has 0 bridgehead atoms. The molecule has 14 heavy (non-hydrogen) atoms. The van der Waals surface area contributed by atoms with Crippen LogP contribution in [0, 0.1) is 0 Å². The zero-order valence-electron chi connectivity index (χ0n) is 8.29. The largest absolute Gasteiger partial charge is 0.396 e. The summed E-state index contributed by atoms with van der Waals surface area (Å²) < 4.78 is 0. The lowest BCUT2D eigenvalue weighted by atomic mass is 9.92. The van der Waals surface area contributed by atoms with Gasteiger partial charge in [0.1, 0.15) is 0 Å². The van der Waals surface area contributed by atoms with Gasteiger partial charge in [-0.2, -0.15) is 5.10 Å². The highest BCUT2D eigenvalue weighted by Crippen LogP contribution is 2.26. The predicted molar refractivity (Wildman–Crippen MR) is 54.1 cm³/mol. The number of hydrogen-bond donors (Lipinski definition) is 3. The Morgan fingerprint density at radius 2 is 2.21 bits per heavy atom. The Labute approximate surface area is 83.5 Å². The standard InChI is InChI=1S/C10H17N3O/c11-5-7(6-14)10-8-3-1-2-4-9(8)12-13-10/h7,14H,1-6,11H2,(H,12,13). The summed E-state index contributed by atoms with van der Waals surface area (Å²) in [6.07, 6.45) is 4.63. The minimum absolute atomic E-state index is 0.00750. The van der Waals surface area contributed by atoms with Gasteiger partial charge in [-0.15, -0.1) is 0 Å². The molecule has 1 unspecified atom stereocenters. The molecule has 4 nitrogen and oxygen atoms in total. The number of aryl methyl sites for hydroxylation is 1. The number of aromatic nitrogens is 2. The maximum atomic E-state index is 9.17. The summed E-state index contributed by atoms with van der Waals surface area (Å²) in [5.74, 6) is 0.00750. The summed E-state index contributed by atoms with van der Waals surface area (Å²) in [5.41, 5.74) is 9.14. The van der Waals surface area contributed by atoms with Gasteiger partial charge in [0.25, 0.3) is 0 Å². The molecule has 4 N–H and O–H groups in total. The number of rotatable bonds is 3. The van der Waals surface area contributed by atoms with Crippen LogP contribution in [0.3, 0.4) is 0 Å². The predicted octanol–water partition coefficient (Wildman–Crippen LogP) is 0.323. The van der Waals surface area contributed by atoms with Crippen molar-refractivity contribution in [1.82, 2.24) is 10.2 Å². The van der Waals surface area contributed by atoms with Gasteiger partial charge in [0.05, 0.1) is 12.3 Å². The first kappa shape index (κ1) is 9.68. The number of H-pyrrole nitrogens is 1. The summed E-state index contributed by atoms with van der Waals surface area (Å²) in [6.45, 7) is 0.557. The quantitative estimate of drug-likeness (QED) is 0.650. The van der Waals surface area contributed by atoms with E-state index in [2.05, 4.69) is 10.2 Å². The normalized spacial score (nSPS) is 17.9. The molecule has 2 rings (SSSR count). The molecule has 4 heteroatoms. The van der Waals surface area contributed by atoms with Crippen molar-refractivity contribution in [2.45, 2.75) is 31.6 Å². The first-order valence-corrected chi connectivity index (χ1v) is 5.23. The molecule has 0 aromatic carbocycles. The molecule has 78 valence electrons. The molecule has 0 spiro atoms. The van der Waals surface area contributed by atoms with Gasteiger partial charge in [0.2, 0.25) is 0 Å². The number of aliphatic hydroxyl groups is 1. The molecule has 0 aliphatic heterocycles. The Bertz CT molecular complexity index is 304. The monoisotopic (exact) mass is 195 g/mol. The Balaban J connectivity index is 2.29. The Kier molecular flexibility index (Phi) is 2.84. The molecule has 0 radical (unpaired) electrons. The van der Waals surface area contributed by atoms with Gasteiger partial charge in [-0.05, 0) is 31.2 Å². The van der Waals surface area contributed by atoms with Gasteiger partial charge in [-0.25, -0.2) is 0 Å². The minimum atomic E-state index is 0.00750. The number of aliphatic hydroxyl groups excluding tert-OH is 1. The summed E-state index contributed by atoms with van der Waals surface area (Å²) in [4.78, 5) is 0. The van der Waals surface area contributed by atoms with Crippen LogP contribution in [-0.2, 0) is 12.8 Å². The van der Waals surface area contributed by atoms with Crippen molar-refractivity contribution in [1.29, 1.82) is 0 Å². The zero-order valence-corrected chi connectivity index (χ0v) is 8.29. The first-order valence-electron chi connectivity index (χ1n) is 5.23. The molecule has 1 aliphatic rings.